The van der Waals surface area contributed by atoms with E-state index in [-0.39, 0.29) is 0 Å². The molecule has 0 spiro atoms. The first-order valence-electron chi connectivity index (χ1n) is 7.42. The molecule has 1 fully saturated rings. The molecule has 3 nitrogen and oxygen atoms in total. The second kappa shape index (κ2) is 8.42. The van der Waals surface area contributed by atoms with Gasteiger partial charge in [0.1, 0.15) is 0 Å². The number of methoxy groups -OCH3 is 1. The number of para-hydroxylation sites is 1. The number of nitrogens with one attached hydrogen (secondary N) is 1. The molecule has 20 heavy (non-hydrogen) atoms. The molecule has 1 aromatic rings. The van der Waals surface area contributed by atoms with E-state index in [9.17, 15) is 0 Å². The zero-order valence-corrected chi connectivity index (χ0v) is 13.3. The Morgan fingerprint density at radius 3 is 2.80 bits per heavy atom. The summed E-state index contributed by atoms with van der Waals surface area (Å²) < 4.78 is 11.1. The van der Waals surface area contributed by atoms with Crippen molar-refractivity contribution in [2.75, 3.05) is 31.8 Å². The normalized spacial score (nSPS) is 16.1. The molecule has 1 heterocycles. The summed E-state index contributed by atoms with van der Waals surface area (Å²) >= 11 is 2.08. The standard InChI is InChI=1S/C16H25NO2S/c1-3-19-15-6-4-5-14(16(15)18-2)12-17-11-13-7-9-20-10-8-13/h4-6,13,17H,3,7-12H2,1-2H3. The third-order valence-electron chi connectivity index (χ3n) is 3.65. The lowest BCUT2D eigenvalue weighted by molar-refractivity contribution is 0.308. The van der Waals surface area contributed by atoms with Gasteiger partial charge in [-0.3, -0.25) is 0 Å². The highest BCUT2D eigenvalue weighted by atomic mass is 32.2. The molecule has 0 aliphatic carbocycles. The fraction of sp³-hybridized carbons (Fsp3) is 0.625. The molecule has 0 unspecified atom stereocenters. The van der Waals surface area contributed by atoms with Gasteiger partial charge in [0.2, 0.25) is 0 Å². The van der Waals surface area contributed by atoms with Crippen LogP contribution in [0.5, 0.6) is 11.5 Å². The number of hydrogen-bond donors (Lipinski definition) is 1. The molecular weight excluding hydrogens is 270 g/mol. The highest BCUT2D eigenvalue weighted by Gasteiger charge is 2.14. The van der Waals surface area contributed by atoms with Crippen molar-refractivity contribution < 1.29 is 9.47 Å². The maximum Gasteiger partial charge on any atom is 0.165 e. The van der Waals surface area contributed by atoms with Gasteiger partial charge in [0.05, 0.1) is 13.7 Å². The lowest BCUT2D eigenvalue weighted by atomic mass is 10.0. The molecule has 0 bridgehead atoms. The molecule has 0 radical (unpaired) electrons. The van der Waals surface area contributed by atoms with E-state index in [1.165, 1.54) is 29.9 Å². The van der Waals surface area contributed by atoms with Crippen LogP contribution < -0.4 is 14.8 Å². The Bertz CT molecular complexity index is 405. The molecule has 0 aromatic heterocycles. The van der Waals surface area contributed by atoms with Crippen LogP contribution in [-0.2, 0) is 6.54 Å². The average molecular weight is 295 g/mol. The van der Waals surface area contributed by atoms with Crippen molar-refractivity contribution in [2.24, 2.45) is 5.92 Å². The third kappa shape index (κ3) is 4.32. The highest BCUT2D eigenvalue weighted by Crippen LogP contribution is 2.31. The summed E-state index contributed by atoms with van der Waals surface area (Å²) in [7, 11) is 1.71. The van der Waals surface area contributed by atoms with Crippen LogP contribution in [0.25, 0.3) is 0 Å². The fourth-order valence-corrected chi connectivity index (χ4v) is 3.77. The summed E-state index contributed by atoms with van der Waals surface area (Å²) in [5, 5.41) is 3.57. The van der Waals surface area contributed by atoms with Gasteiger partial charge in [-0.15, -0.1) is 0 Å². The monoisotopic (exact) mass is 295 g/mol. The van der Waals surface area contributed by atoms with Crippen LogP contribution in [0.15, 0.2) is 18.2 Å². The molecule has 1 saturated heterocycles. The minimum Gasteiger partial charge on any atom is -0.493 e. The van der Waals surface area contributed by atoms with Crippen molar-refractivity contribution in [3.63, 3.8) is 0 Å². The molecule has 2 rings (SSSR count). The second-order valence-corrected chi connectivity index (χ2v) is 6.29. The number of benzene rings is 1. The van der Waals surface area contributed by atoms with Crippen LogP contribution in [0, 0.1) is 5.92 Å². The first-order chi connectivity index (χ1) is 9.85. The summed E-state index contributed by atoms with van der Waals surface area (Å²) in [5.41, 5.74) is 1.17. The average Bonchev–Trinajstić information content (AvgIpc) is 2.49. The predicted molar refractivity (Wildman–Crippen MR) is 85.9 cm³/mol. The van der Waals surface area contributed by atoms with E-state index in [1.807, 2.05) is 19.1 Å². The van der Waals surface area contributed by atoms with Crippen molar-refractivity contribution in [1.82, 2.24) is 5.32 Å². The molecule has 0 saturated carbocycles. The Balaban J connectivity index is 1.89. The maximum atomic E-state index is 5.61. The minimum absolute atomic E-state index is 0.660. The topological polar surface area (TPSA) is 30.5 Å². The lowest BCUT2D eigenvalue weighted by Gasteiger charge is -2.22. The first-order valence-corrected chi connectivity index (χ1v) is 8.57. The van der Waals surface area contributed by atoms with Gasteiger partial charge in [0.25, 0.3) is 0 Å². The lowest BCUT2D eigenvalue weighted by Crippen LogP contribution is -2.25. The molecule has 1 N–H and O–H groups in total. The molecule has 1 aliphatic heterocycles. The van der Waals surface area contributed by atoms with E-state index < -0.39 is 0 Å². The van der Waals surface area contributed by atoms with Crippen molar-refractivity contribution in [3.8, 4) is 11.5 Å². The highest BCUT2D eigenvalue weighted by molar-refractivity contribution is 7.99. The zero-order chi connectivity index (χ0) is 14.2. The Labute approximate surface area is 126 Å². The van der Waals surface area contributed by atoms with Crippen LogP contribution in [0.2, 0.25) is 0 Å². The third-order valence-corrected chi connectivity index (χ3v) is 4.70. The largest absolute Gasteiger partial charge is 0.493 e. The van der Waals surface area contributed by atoms with Gasteiger partial charge >= 0.3 is 0 Å². The Morgan fingerprint density at radius 1 is 1.30 bits per heavy atom. The van der Waals surface area contributed by atoms with Crippen LogP contribution in [0.3, 0.4) is 0 Å². The zero-order valence-electron chi connectivity index (χ0n) is 12.5. The van der Waals surface area contributed by atoms with Crippen molar-refractivity contribution >= 4 is 11.8 Å². The minimum atomic E-state index is 0.660. The van der Waals surface area contributed by atoms with Crippen molar-refractivity contribution in [2.45, 2.75) is 26.3 Å². The van der Waals surface area contributed by atoms with E-state index in [2.05, 4.69) is 23.1 Å². The molecular formula is C16H25NO2S. The van der Waals surface area contributed by atoms with Gasteiger partial charge in [-0.2, -0.15) is 11.8 Å². The van der Waals surface area contributed by atoms with E-state index in [0.29, 0.717) is 6.61 Å². The predicted octanol–water partition coefficient (Wildman–Crippen LogP) is 3.33. The van der Waals surface area contributed by atoms with Crippen LogP contribution in [-0.4, -0.2) is 31.8 Å². The van der Waals surface area contributed by atoms with Gasteiger partial charge in [0.15, 0.2) is 11.5 Å². The number of ether oxygens (including phenoxy) is 2. The smallest absolute Gasteiger partial charge is 0.165 e. The van der Waals surface area contributed by atoms with Crippen molar-refractivity contribution in [3.05, 3.63) is 23.8 Å². The molecule has 112 valence electrons. The summed E-state index contributed by atoms with van der Waals surface area (Å²) in [6, 6.07) is 6.09. The number of rotatable bonds is 7. The van der Waals surface area contributed by atoms with Gasteiger partial charge in [0, 0.05) is 12.1 Å². The summed E-state index contributed by atoms with van der Waals surface area (Å²) in [6.07, 6.45) is 2.68. The fourth-order valence-electron chi connectivity index (χ4n) is 2.56. The van der Waals surface area contributed by atoms with Crippen LogP contribution >= 0.6 is 11.8 Å². The Morgan fingerprint density at radius 2 is 2.10 bits per heavy atom. The van der Waals surface area contributed by atoms with Gasteiger partial charge in [-0.05, 0) is 49.8 Å². The van der Waals surface area contributed by atoms with Gasteiger partial charge in [-0.1, -0.05) is 12.1 Å². The van der Waals surface area contributed by atoms with Crippen molar-refractivity contribution in [1.29, 1.82) is 0 Å². The SMILES string of the molecule is CCOc1cccc(CNCC2CCSCC2)c1OC. The van der Waals surface area contributed by atoms with E-state index in [0.717, 1.165) is 30.5 Å². The van der Waals surface area contributed by atoms with Gasteiger partial charge < -0.3 is 14.8 Å². The number of hydrogen-bond acceptors (Lipinski definition) is 4. The summed E-state index contributed by atoms with van der Waals surface area (Å²) in [5.74, 6) is 5.16. The van der Waals surface area contributed by atoms with E-state index in [1.54, 1.807) is 7.11 Å². The summed E-state index contributed by atoms with van der Waals surface area (Å²) in [4.78, 5) is 0. The Hall–Kier alpha value is -0.870. The molecule has 4 heteroatoms. The first kappa shape index (κ1) is 15.5. The van der Waals surface area contributed by atoms with Gasteiger partial charge in [-0.25, -0.2) is 0 Å². The quantitative estimate of drug-likeness (QED) is 0.836. The van der Waals surface area contributed by atoms with Crippen LogP contribution in [0.4, 0.5) is 0 Å². The molecule has 1 aromatic carbocycles. The van der Waals surface area contributed by atoms with E-state index in [4.69, 9.17) is 9.47 Å². The molecule has 0 amide bonds. The summed E-state index contributed by atoms with van der Waals surface area (Å²) in [6.45, 7) is 4.59. The second-order valence-electron chi connectivity index (χ2n) is 5.07. The van der Waals surface area contributed by atoms with Crippen LogP contribution in [0.1, 0.15) is 25.3 Å². The molecule has 0 atom stereocenters. The molecule has 1 aliphatic rings. The number of thioether (sulfide) groups is 1. The van der Waals surface area contributed by atoms with E-state index >= 15 is 0 Å². The Kier molecular flexibility index (Phi) is 6.54. The maximum absolute atomic E-state index is 5.61.